The highest BCUT2D eigenvalue weighted by atomic mass is 16.6. The molecule has 7 heteroatoms. The third-order valence-corrected chi connectivity index (χ3v) is 1.22. The Bertz CT molecular complexity index is 332. The van der Waals surface area contributed by atoms with Crippen molar-refractivity contribution in [3.05, 3.63) is 22.4 Å². The van der Waals surface area contributed by atoms with Crippen LogP contribution in [0.1, 0.15) is 6.92 Å². The van der Waals surface area contributed by atoms with Gasteiger partial charge in [-0.05, 0) is 11.8 Å². The Labute approximate surface area is 73.1 Å². The van der Waals surface area contributed by atoms with Gasteiger partial charge in [0.25, 0.3) is 0 Å². The quantitative estimate of drug-likeness (QED) is 0.502. The van der Waals surface area contributed by atoms with Crippen molar-refractivity contribution in [2.24, 2.45) is 0 Å². The number of ether oxygens (including phenoxy) is 1. The van der Waals surface area contributed by atoms with Gasteiger partial charge in [-0.1, -0.05) is 4.68 Å². The van der Waals surface area contributed by atoms with Gasteiger partial charge < -0.3 is 14.9 Å². The number of carbonyl (C=O) groups is 1. The number of rotatable bonds is 2. The Hall–Kier alpha value is -1.92. The van der Waals surface area contributed by atoms with Crippen LogP contribution in [0.25, 0.3) is 0 Å². The van der Waals surface area contributed by atoms with E-state index in [1.807, 2.05) is 0 Å². The number of nitrogens with zero attached hydrogens (tertiary/aromatic N) is 3. The molecule has 1 rings (SSSR count). The molecule has 0 N–H and O–H groups in total. The topological polar surface area (TPSA) is 87.3 Å². The van der Waals surface area contributed by atoms with Crippen molar-refractivity contribution in [1.82, 2.24) is 9.78 Å². The predicted molar refractivity (Wildman–Crippen MR) is 41.3 cm³/mol. The molecule has 0 fully saturated rings. The number of carbonyl (C=O) groups excluding carboxylic acids is 1. The van der Waals surface area contributed by atoms with E-state index in [0.717, 1.165) is 10.7 Å². The standard InChI is InChI=1S/C6H7N3O4/c1-2-13-6(10)8-4-3-5(7-8)9(11)12/h3-4H,2H2,1H3. The van der Waals surface area contributed by atoms with Gasteiger partial charge in [0.15, 0.2) is 0 Å². The van der Waals surface area contributed by atoms with Gasteiger partial charge in [0.1, 0.15) is 0 Å². The zero-order valence-corrected chi connectivity index (χ0v) is 6.84. The Kier molecular flexibility index (Phi) is 2.58. The Balaban J connectivity index is 2.79. The van der Waals surface area contributed by atoms with Crippen molar-refractivity contribution in [1.29, 1.82) is 0 Å². The highest BCUT2D eigenvalue weighted by molar-refractivity contribution is 5.69. The van der Waals surface area contributed by atoms with E-state index in [1.165, 1.54) is 6.20 Å². The van der Waals surface area contributed by atoms with E-state index in [4.69, 9.17) is 0 Å². The first kappa shape index (κ1) is 9.17. The van der Waals surface area contributed by atoms with Crippen LogP contribution in [-0.2, 0) is 4.74 Å². The second-order valence-electron chi connectivity index (χ2n) is 2.07. The summed E-state index contributed by atoms with van der Waals surface area (Å²) in [5.41, 5.74) is 0. The van der Waals surface area contributed by atoms with Crippen molar-refractivity contribution >= 4 is 11.9 Å². The molecule has 0 saturated heterocycles. The van der Waals surface area contributed by atoms with E-state index in [9.17, 15) is 14.9 Å². The minimum Gasteiger partial charge on any atom is -0.447 e. The molecule has 13 heavy (non-hydrogen) atoms. The van der Waals surface area contributed by atoms with Crippen LogP contribution in [0.3, 0.4) is 0 Å². The molecule has 1 aromatic heterocycles. The van der Waals surface area contributed by atoms with Crippen LogP contribution in [0.5, 0.6) is 0 Å². The summed E-state index contributed by atoms with van der Waals surface area (Å²) in [6.07, 6.45) is 0.450. The molecule has 0 amide bonds. The minimum atomic E-state index is -0.726. The van der Waals surface area contributed by atoms with E-state index >= 15 is 0 Å². The molecule has 0 radical (unpaired) electrons. The average molecular weight is 185 g/mol. The lowest BCUT2D eigenvalue weighted by Gasteiger charge is -1.94. The fourth-order valence-electron chi connectivity index (χ4n) is 0.703. The molecule has 0 aliphatic heterocycles. The van der Waals surface area contributed by atoms with Gasteiger partial charge in [0.05, 0.1) is 24.0 Å². The van der Waals surface area contributed by atoms with Crippen molar-refractivity contribution in [3.63, 3.8) is 0 Å². The number of aromatic nitrogens is 2. The number of hydrogen-bond acceptors (Lipinski definition) is 5. The van der Waals surface area contributed by atoms with Crippen molar-refractivity contribution in [2.75, 3.05) is 6.61 Å². The summed E-state index contributed by atoms with van der Waals surface area (Å²) in [6.45, 7) is 1.84. The highest BCUT2D eigenvalue weighted by Crippen LogP contribution is 2.05. The first-order valence-corrected chi connectivity index (χ1v) is 3.52. The van der Waals surface area contributed by atoms with Crippen LogP contribution in [0.4, 0.5) is 10.6 Å². The maximum atomic E-state index is 10.9. The van der Waals surface area contributed by atoms with Crippen LogP contribution >= 0.6 is 0 Å². The number of nitro groups is 1. The molecule has 0 unspecified atom stereocenters. The van der Waals surface area contributed by atoms with E-state index in [2.05, 4.69) is 9.84 Å². The smallest absolute Gasteiger partial charge is 0.447 e. The molecule has 0 bridgehead atoms. The van der Waals surface area contributed by atoms with Gasteiger partial charge in [-0.25, -0.2) is 4.79 Å². The van der Waals surface area contributed by atoms with Gasteiger partial charge in [0.2, 0.25) is 0 Å². The Morgan fingerprint density at radius 3 is 3.00 bits per heavy atom. The molecule has 0 aliphatic carbocycles. The first-order chi connectivity index (χ1) is 6.15. The first-order valence-electron chi connectivity index (χ1n) is 3.52. The van der Waals surface area contributed by atoms with Gasteiger partial charge in [-0.2, -0.15) is 0 Å². The van der Waals surface area contributed by atoms with Crippen LogP contribution in [-0.4, -0.2) is 27.4 Å². The molecular weight excluding hydrogens is 178 g/mol. The molecule has 7 nitrogen and oxygen atoms in total. The summed E-state index contributed by atoms with van der Waals surface area (Å²) in [4.78, 5) is 20.4. The molecule has 0 atom stereocenters. The second kappa shape index (κ2) is 3.65. The second-order valence-corrected chi connectivity index (χ2v) is 2.07. The maximum absolute atomic E-state index is 10.9. The molecular formula is C6H7N3O4. The third-order valence-electron chi connectivity index (χ3n) is 1.22. The lowest BCUT2D eigenvalue weighted by molar-refractivity contribution is -0.389. The molecule has 70 valence electrons. The van der Waals surface area contributed by atoms with Gasteiger partial charge in [-0.15, -0.1) is 0 Å². The fraction of sp³-hybridized carbons (Fsp3) is 0.333. The lowest BCUT2D eigenvalue weighted by atomic mass is 10.7. The molecule has 0 aliphatic rings. The van der Waals surface area contributed by atoms with Crippen LogP contribution in [0.15, 0.2) is 12.3 Å². The predicted octanol–water partition coefficient (Wildman–Crippen LogP) is 0.796. The number of hydrogen-bond donors (Lipinski definition) is 0. The summed E-state index contributed by atoms with van der Waals surface area (Å²) in [5.74, 6) is -0.381. The normalized spacial score (nSPS) is 9.62. The van der Waals surface area contributed by atoms with E-state index in [0.29, 0.717) is 0 Å². The van der Waals surface area contributed by atoms with E-state index < -0.39 is 11.0 Å². The van der Waals surface area contributed by atoms with Crippen molar-refractivity contribution in [2.45, 2.75) is 6.92 Å². The van der Waals surface area contributed by atoms with Crippen LogP contribution in [0, 0.1) is 10.1 Å². The summed E-state index contributed by atoms with van der Waals surface area (Å²) in [6, 6.07) is 1.12. The molecule has 0 spiro atoms. The Morgan fingerprint density at radius 2 is 2.54 bits per heavy atom. The SMILES string of the molecule is CCOC(=O)n1ccc([N+](=O)[O-])n1. The van der Waals surface area contributed by atoms with Gasteiger partial charge in [0, 0.05) is 0 Å². The van der Waals surface area contributed by atoms with Crippen molar-refractivity contribution < 1.29 is 14.5 Å². The molecule has 0 aromatic carbocycles. The van der Waals surface area contributed by atoms with E-state index in [1.54, 1.807) is 6.92 Å². The molecule has 1 aromatic rings. The van der Waals surface area contributed by atoms with Gasteiger partial charge in [-0.3, -0.25) is 0 Å². The summed E-state index contributed by atoms with van der Waals surface area (Å²) in [5, 5.41) is 13.5. The lowest BCUT2D eigenvalue weighted by Crippen LogP contribution is -2.14. The third kappa shape index (κ3) is 2.01. The summed E-state index contributed by atoms with van der Waals surface area (Å²) >= 11 is 0. The Morgan fingerprint density at radius 1 is 1.85 bits per heavy atom. The van der Waals surface area contributed by atoms with E-state index in [-0.39, 0.29) is 12.4 Å². The average Bonchev–Trinajstić information content (AvgIpc) is 2.52. The monoisotopic (exact) mass is 185 g/mol. The van der Waals surface area contributed by atoms with Crippen LogP contribution in [0.2, 0.25) is 0 Å². The van der Waals surface area contributed by atoms with Gasteiger partial charge >= 0.3 is 11.9 Å². The fourth-order valence-corrected chi connectivity index (χ4v) is 0.703. The summed E-state index contributed by atoms with van der Waals surface area (Å²) < 4.78 is 5.34. The zero-order valence-electron chi connectivity index (χ0n) is 6.84. The highest BCUT2D eigenvalue weighted by Gasteiger charge is 2.16. The summed E-state index contributed by atoms with van der Waals surface area (Å²) in [7, 11) is 0. The largest absolute Gasteiger partial charge is 0.453 e. The molecule has 1 heterocycles. The maximum Gasteiger partial charge on any atom is 0.453 e. The minimum absolute atomic E-state index is 0.201. The van der Waals surface area contributed by atoms with Crippen molar-refractivity contribution in [3.8, 4) is 0 Å². The van der Waals surface area contributed by atoms with Crippen LogP contribution < -0.4 is 0 Å². The molecule has 0 saturated carbocycles. The zero-order chi connectivity index (χ0) is 9.84.